The molecule has 0 unspecified atom stereocenters. The van der Waals surface area contributed by atoms with Gasteiger partial charge in [0.25, 0.3) is 5.91 Å². The minimum atomic E-state index is -0.471. The molecule has 3 aromatic carbocycles. The second kappa shape index (κ2) is 8.01. The summed E-state index contributed by atoms with van der Waals surface area (Å²) in [5.41, 5.74) is 3.32. The van der Waals surface area contributed by atoms with Gasteiger partial charge in [0, 0.05) is 15.7 Å². The van der Waals surface area contributed by atoms with Crippen LogP contribution < -0.4 is 5.32 Å². The summed E-state index contributed by atoms with van der Waals surface area (Å²) in [5, 5.41) is 15.8. The van der Waals surface area contributed by atoms with Gasteiger partial charge in [0.05, 0.1) is 16.8 Å². The van der Waals surface area contributed by atoms with Gasteiger partial charge in [-0.25, -0.2) is 9.07 Å². The summed E-state index contributed by atoms with van der Waals surface area (Å²) < 4.78 is 21.5. The average molecular weight is 492 g/mol. The van der Waals surface area contributed by atoms with Crippen molar-refractivity contribution in [1.29, 1.82) is 0 Å². The van der Waals surface area contributed by atoms with Crippen LogP contribution in [0.4, 0.5) is 10.1 Å². The van der Waals surface area contributed by atoms with Crippen LogP contribution in [-0.4, -0.2) is 26.1 Å². The number of nitrogens with one attached hydrogen (secondary N) is 1. The molecule has 5 aromatic rings. The average Bonchev–Trinajstić information content (AvgIpc) is 3.37. The molecule has 0 saturated heterocycles. The predicted molar refractivity (Wildman–Crippen MR) is 121 cm³/mol. The molecule has 158 valence electrons. The first kappa shape index (κ1) is 20.1. The lowest BCUT2D eigenvalue weighted by molar-refractivity contribution is 0.102. The van der Waals surface area contributed by atoms with E-state index in [2.05, 4.69) is 36.7 Å². The lowest BCUT2D eigenvalue weighted by Crippen LogP contribution is -2.14. The number of anilines is 1. The lowest BCUT2D eigenvalue weighted by Gasteiger charge is -2.06. The summed E-state index contributed by atoms with van der Waals surface area (Å²) in [6.07, 6.45) is 0. The van der Waals surface area contributed by atoms with Crippen LogP contribution in [0.15, 0.2) is 75.7 Å². The highest BCUT2D eigenvalue weighted by Crippen LogP contribution is 2.31. The topological polar surface area (TPSA) is 85.8 Å². The monoisotopic (exact) mass is 491 g/mol. The van der Waals surface area contributed by atoms with Gasteiger partial charge in [-0.2, -0.15) is 0 Å². The van der Waals surface area contributed by atoms with Crippen molar-refractivity contribution in [2.24, 2.45) is 0 Å². The summed E-state index contributed by atoms with van der Waals surface area (Å²) in [7, 11) is 0. The molecule has 9 heteroatoms. The SMILES string of the molecule is Cc1c(C(=O)Nc2cccc(F)c2)nnn1-c1ccc2noc(-c3ccc(Br)cc3)c2c1. The van der Waals surface area contributed by atoms with Crippen molar-refractivity contribution in [2.45, 2.75) is 6.92 Å². The van der Waals surface area contributed by atoms with Gasteiger partial charge in [0.1, 0.15) is 11.3 Å². The Hall–Kier alpha value is -3.85. The van der Waals surface area contributed by atoms with Crippen LogP contribution in [0, 0.1) is 12.7 Å². The number of hydrogen-bond donors (Lipinski definition) is 1. The first-order valence-corrected chi connectivity index (χ1v) is 10.4. The summed E-state index contributed by atoms with van der Waals surface area (Å²) >= 11 is 3.43. The lowest BCUT2D eigenvalue weighted by atomic mass is 10.1. The van der Waals surface area contributed by atoms with Crippen molar-refractivity contribution >= 4 is 38.4 Å². The molecule has 0 bridgehead atoms. The molecule has 0 aliphatic carbocycles. The Morgan fingerprint density at radius 3 is 2.69 bits per heavy atom. The van der Waals surface area contributed by atoms with Crippen molar-refractivity contribution in [2.75, 3.05) is 5.32 Å². The highest BCUT2D eigenvalue weighted by molar-refractivity contribution is 9.10. The van der Waals surface area contributed by atoms with E-state index in [4.69, 9.17) is 4.52 Å². The molecule has 0 spiro atoms. The largest absolute Gasteiger partial charge is 0.355 e. The second-order valence-electron chi connectivity index (χ2n) is 7.12. The van der Waals surface area contributed by atoms with Crippen LogP contribution in [0.1, 0.15) is 16.2 Å². The van der Waals surface area contributed by atoms with Gasteiger partial charge in [-0.1, -0.05) is 32.4 Å². The first-order valence-electron chi connectivity index (χ1n) is 9.64. The van der Waals surface area contributed by atoms with Crippen LogP contribution in [-0.2, 0) is 0 Å². The van der Waals surface area contributed by atoms with Crippen molar-refractivity contribution in [3.63, 3.8) is 0 Å². The Balaban J connectivity index is 1.49. The van der Waals surface area contributed by atoms with E-state index in [0.29, 0.717) is 28.3 Å². The molecule has 2 heterocycles. The van der Waals surface area contributed by atoms with E-state index in [1.165, 1.54) is 18.2 Å². The highest BCUT2D eigenvalue weighted by Gasteiger charge is 2.19. The van der Waals surface area contributed by atoms with Crippen LogP contribution >= 0.6 is 15.9 Å². The molecular weight excluding hydrogens is 477 g/mol. The van der Waals surface area contributed by atoms with Gasteiger partial charge in [-0.05, 0) is 67.6 Å². The molecule has 0 radical (unpaired) electrons. The third-order valence-corrected chi connectivity index (χ3v) is 5.53. The van der Waals surface area contributed by atoms with Crippen LogP contribution in [0.3, 0.4) is 0 Å². The van der Waals surface area contributed by atoms with E-state index in [1.54, 1.807) is 17.7 Å². The summed E-state index contributed by atoms with van der Waals surface area (Å²) in [6.45, 7) is 1.74. The van der Waals surface area contributed by atoms with Gasteiger partial charge in [-0.15, -0.1) is 5.10 Å². The number of rotatable bonds is 4. The molecule has 0 atom stereocenters. The number of fused-ring (bicyclic) bond motifs is 1. The van der Waals surface area contributed by atoms with E-state index >= 15 is 0 Å². The Kier molecular flexibility index (Phi) is 5.02. The Morgan fingerprint density at radius 1 is 1.09 bits per heavy atom. The third-order valence-electron chi connectivity index (χ3n) is 5.00. The van der Waals surface area contributed by atoms with Crippen LogP contribution in [0.5, 0.6) is 0 Å². The molecule has 0 saturated carbocycles. The standard InChI is InChI=1S/C23H15BrFN5O2/c1-13-21(23(31)26-17-4-2-3-16(25)11-17)27-29-30(13)18-9-10-20-19(12-18)22(32-28-20)14-5-7-15(24)8-6-14/h2-12H,1H3,(H,26,31). The molecule has 2 aromatic heterocycles. The van der Waals surface area contributed by atoms with E-state index in [0.717, 1.165) is 15.4 Å². The number of amides is 1. The quantitative estimate of drug-likeness (QED) is 0.356. The number of hydrogen-bond acceptors (Lipinski definition) is 5. The number of benzene rings is 3. The minimum absolute atomic E-state index is 0.146. The van der Waals surface area contributed by atoms with Gasteiger partial charge in [0.15, 0.2) is 11.5 Å². The number of halogens is 2. The number of nitrogens with zero attached hydrogens (tertiary/aromatic N) is 4. The number of carbonyl (C=O) groups is 1. The van der Waals surface area contributed by atoms with Crippen molar-refractivity contribution in [3.05, 3.63) is 88.4 Å². The summed E-state index contributed by atoms with van der Waals surface area (Å²) in [5.74, 6) is -0.274. The zero-order valence-corrected chi connectivity index (χ0v) is 18.3. The second-order valence-corrected chi connectivity index (χ2v) is 8.04. The first-order chi connectivity index (χ1) is 15.5. The van der Waals surface area contributed by atoms with Gasteiger partial charge in [-0.3, -0.25) is 4.79 Å². The van der Waals surface area contributed by atoms with Crippen molar-refractivity contribution < 1.29 is 13.7 Å². The summed E-state index contributed by atoms with van der Waals surface area (Å²) in [6, 6.07) is 18.9. The Labute approximate surface area is 190 Å². The molecule has 0 aliphatic rings. The number of carbonyl (C=O) groups excluding carboxylic acids is 1. The van der Waals surface area contributed by atoms with Gasteiger partial charge >= 0.3 is 0 Å². The maximum Gasteiger partial charge on any atom is 0.278 e. The minimum Gasteiger partial charge on any atom is -0.355 e. The maximum atomic E-state index is 13.4. The molecule has 0 aliphatic heterocycles. The third kappa shape index (κ3) is 3.67. The van der Waals surface area contributed by atoms with E-state index < -0.39 is 11.7 Å². The molecule has 7 nitrogen and oxygen atoms in total. The zero-order valence-electron chi connectivity index (χ0n) is 16.7. The van der Waals surface area contributed by atoms with Gasteiger partial charge < -0.3 is 9.84 Å². The molecule has 5 rings (SSSR count). The Morgan fingerprint density at radius 2 is 1.91 bits per heavy atom. The Bertz CT molecular complexity index is 1460. The molecular formula is C23H15BrFN5O2. The predicted octanol–water partition coefficient (Wildman–Crippen LogP) is 5.54. The van der Waals surface area contributed by atoms with Crippen LogP contribution in [0.25, 0.3) is 27.9 Å². The van der Waals surface area contributed by atoms with E-state index in [-0.39, 0.29) is 5.69 Å². The van der Waals surface area contributed by atoms with Crippen molar-refractivity contribution in [3.8, 4) is 17.0 Å². The van der Waals surface area contributed by atoms with Crippen LogP contribution in [0.2, 0.25) is 0 Å². The van der Waals surface area contributed by atoms with Crippen molar-refractivity contribution in [1.82, 2.24) is 20.2 Å². The number of aromatic nitrogens is 4. The summed E-state index contributed by atoms with van der Waals surface area (Å²) in [4.78, 5) is 12.7. The smallest absolute Gasteiger partial charge is 0.278 e. The highest BCUT2D eigenvalue weighted by atomic mass is 79.9. The molecule has 1 N–H and O–H groups in total. The van der Waals surface area contributed by atoms with E-state index in [1.807, 2.05) is 42.5 Å². The van der Waals surface area contributed by atoms with Gasteiger partial charge in [0.2, 0.25) is 0 Å². The fourth-order valence-corrected chi connectivity index (χ4v) is 3.68. The normalized spacial score (nSPS) is 11.1. The zero-order chi connectivity index (χ0) is 22.2. The molecule has 1 amide bonds. The van der Waals surface area contributed by atoms with E-state index in [9.17, 15) is 9.18 Å². The maximum absolute atomic E-state index is 13.4. The molecule has 32 heavy (non-hydrogen) atoms. The fraction of sp³-hybridized carbons (Fsp3) is 0.0435. The fourth-order valence-electron chi connectivity index (χ4n) is 3.41. The molecule has 0 fully saturated rings.